The molecule has 4 saturated carbocycles. The highest BCUT2D eigenvalue weighted by Crippen LogP contribution is 2.69. The van der Waals surface area contributed by atoms with Crippen LogP contribution in [0, 0.1) is 46.3 Å². The van der Waals surface area contributed by atoms with E-state index in [9.17, 15) is 18.9 Å². The lowest BCUT2D eigenvalue weighted by molar-refractivity contribution is -0.223. The van der Waals surface area contributed by atoms with Gasteiger partial charge >= 0.3 is 15.6 Å². The number of aliphatic hydroxyl groups excluding tert-OH is 1. The van der Waals surface area contributed by atoms with Gasteiger partial charge in [0.25, 0.3) is 0 Å². The van der Waals surface area contributed by atoms with Crippen LogP contribution in [0.4, 0.5) is 0 Å². The second-order valence-electron chi connectivity index (χ2n) is 14.8. The highest BCUT2D eigenvalue weighted by Gasteiger charge is 2.66. The molecule has 0 amide bonds. The van der Waals surface area contributed by atoms with E-state index in [0.29, 0.717) is 41.9 Å². The molecule has 4 rings (SSSR count). The molecule has 0 heterocycles. The predicted molar refractivity (Wildman–Crippen MR) is 175 cm³/mol. The van der Waals surface area contributed by atoms with Gasteiger partial charge in [0.15, 0.2) is 0 Å². The summed E-state index contributed by atoms with van der Waals surface area (Å²) in [5, 5.41) is 8.95. The van der Waals surface area contributed by atoms with E-state index in [1.807, 2.05) is 6.92 Å². The number of aliphatic hydroxyl groups is 1. The molecule has 2 unspecified atom stereocenters. The molecular weight excluding hydrogens is 634 g/mol. The van der Waals surface area contributed by atoms with Crippen molar-refractivity contribution in [2.24, 2.45) is 46.3 Å². The summed E-state index contributed by atoms with van der Waals surface area (Å²) < 4.78 is 58.1. The van der Waals surface area contributed by atoms with E-state index in [-0.39, 0.29) is 69.3 Å². The molecule has 0 aromatic rings. The van der Waals surface area contributed by atoms with E-state index in [1.54, 1.807) is 0 Å². The zero-order valence-electron chi connectivity index (χ0n) is 28.8. The van der Waals surface area contributed by atoms with Gasteiger partial charge in [-0.15, -0.1) is 0 Å². The van der Waals surface area contributed by atoms with Crippen LogP contribution < -0.4 is 0 Å². The monoisotopic (exact) mass is 696 g/mol. The highest BCUT2D eigenvalue weighted by atomic mass is 31.2. The van der Waals surface area contributed by atoms with E-state index in [2.05, 4.69) is 27.7 Å². The summed E-state index contributed by atoms with van der Waals surface area (Å²) in [4.78, 5) is 20.0. The summed E-state index contributed by atoms with van der Waals surface area (Å²) in [6, 6.07) is 0. The average molecular weight is 697 g/mol. The third-order valence-electron chi connectivity index (χ3n) is 12.3. The fraction of sp³-hybridized carbons (Fsp3) is 1.00. The largest absolute Gasteiger partial charge is 0.472 e. The molecule has 13 heteroatoms. The van der Waals surface area contributed by atoms with Crippen LogP contribution in [0.25, 0.3) is 0 Å². The maximum absolute atomic E-state index is 12.3. The van der Waals surface area contributed by atoms with Crippen LogP contribution in [0.2, 0.25) is 0 Å². The number of hydrogen-bond acceptors (Lipinski definition) is 9. The Balaban J connectivity index is 1.56. The molecule has 0 saturated heterocycles. The zero-order chi connectivity index (χ0) is 33.6. The van der Waals surface area contributed by atoms with Gasteiger partial charge in [0.05, 0.1) is 58.5 Å². The number of phosphoric acid groups is 2. The number of rotatable bonds is 19. The van der Waals surface area contributed by atoms with E-state index < -0.39 is 15.6 Å². The molecule has 0 spiro atoms. The Bertz CT molecular complexity index is 1050. The predicted octanol–water partition coefficient (Wildman–Crippen LogP) is 7.13. The first-order chi connectivity index (χ1) is 21.8. The van der Waals surface area contributed by atoms with Crippen molar-refractivity contribution in [1.82, 2.24) is 0 Å². The molecule has 0 aliphatic heterocycles. The molecular formula is C33H62O11P2. The van der Waals surface area contributed by atoms with Crippen LogP contribution in [-0.4, -0.2) is 73.3 Å². The van der Waals surface area contributed by atoms with Crippen LogP contribution in [0.15, 0.2) is 0 Å². The van der Waals surface area contributed by atoms with Crippen LogP contribution in [-0.2, 0) is 36.7 Å². The normalized spacial score (nSPS) is 39.1. The minimum Gasteiger partial charge on any atom is -0.394 e. The number of hydrogen-bond donors (Lipinski definition) is 3. The topological polar surface area (TPSA) is 150 Å². The van der Waals surface area contributed by atoms with Crippen molar-refractivity contribution in [2.45, 2.75) is 117 Å². The lowest BCUT2D eigenvalue weighted by atomic mass is 9.43. The first-order valence-corrected chi connectivity index (χ1v) is 20.9. The molecule has 12 atom stereocenters. The van der Waals surface area contributed by atoms with Crippen molar-refractivity contribution < 1.29 is 51.6 Å². The Hall–Kier alpha value is 0.1000. The van der Waals surface area contributed by atoms with Gasteiger partial charge in [0.1, 0.15) is 0 Å². The Morgan fingerprint density at radius 3 is 2.09 bits per heavy atom. The van der Waals surface area contributed by atoms with Gasteiger partial charge in [-0.05, 0) is 85.9 Å². The van der Waals surface area contributed by atoms with Gasteiger partial charge in [-0.2, -0.15) is 0 Å². The molecule has 0 aromatic heterocycles. The SMILES string of the molecule is CCCOP(=O)(O)OCCO[C@@H]1C[C@@H]2CCCC[C@]2(C)[C@H]2C[C@H](OCCOP(=O)(O)OCCO)[C@]3(C)[C@@H]([C@H](C)CCC)CC[C@H]3[C@H]12. The first kappa shape index (κ1) is 38.9. The summed E-state index contributed by atoms with van der Waals surface area (Å²) in [6.07, 6.45) is 11.9. The van der Waals surface area contributed by atoms with Gasteiger partial charge in [-0.1, -0.05) is 60.3 Å². The lowest BCUT2D eigenvalue weighted by Crippen LogP contribution is -2.62. The smallest absolute Gasteiger partial charge is 0.394 e. The van der Waals surface area contributed by atoms with Crippen LogP contribution in [0.1, 0.15) is 105 Å². The summed E-state index contributed by atoms with van der Waals surface area (Å²) in [6.45, 7) is 11.3. The molecule has 4 fully saturated rings. The molecule has 11 nitrogen and oxygen atoms in total. The van der Waals surface area contributed by atoms with Crippen LogP contribution in [0.5, 0.6) is 0 Å². The minimum absolute atomic E-state index is 0.00781. The molecule has 4 aliphatic rings. The molecule has 46 heavy (non-hydrogen) atoms. The zero-order valence-corrected chi connectivity index (χ0v) is 30.6. The first-order valence-electron chi connectivity index (χ1n) is 17.9. The molecule has 0 bridgehead atoms. The quantitative estimate of drug-likeness (QED) is 0.0935. The summed E-state index contributed by atoms with van der Waals surface area (Å²) in [7, 11) is -8.35. The second-order valence-corrected chi connectivity index (χ2v) is 17.7. The lowest BCUT2D eigenvalue weighted by Gasteiger charge is -2.64. The van der Waals surface area contributed by atoms with Crippen molar-refractivity contribution in [3.63, 3.8) is 0 Å². The Labute approximate surface area is 277 Å². The Morgan fingerprint density at radius 1 is 0.783 bits per heavy atom. The third-order valence-corrected chi connectivity index (χ3v) is 14.3. The fourth-order valence-corrected chi connectivity index (χ4v) is 11.8. The Morgan fingerprint density at radius 2 is 1.43 bits per heavy atom. The van der Waals surface area contributed by atoms with Gasteiger partial charge < -0.3 is 24.4 Å². The van der Waals surface area contributed by atoms with Crippen LogP contribution >= 0.6 is 15.6 Å². The average Bonchev–Trinajstić information content (AvgIpc) is 3.37. The van der Waals surface area contributed by atoms with Gasteiger partial charge in [0, 0.05) is 5.41 Å². The van der Waals surface area contributed by atoms with Gasteiger partial charge in [-0.25, -0.2) is 9.13 Å². The van der Waals surface area contributed by atoms with E-state index in [1.165, 1.54) is 25.7 Å². The van der Waals surface area contributed by atoms with Crippen molar-refractivity contribution in [2.75, 3.05) is 46.2 Å². The molecule has 3 N–H and O–H groups in total. The highest BCUT2D eigenvalue weighted by molar-refractivity contribution is 7.47. The van der Waals surface area contributed by atoms with Crippen molar-refractivity contribution >= 4 is 15.6 Å². The molecule has 0 aromatic carbocycles. The van der Waals surface area contributed by atoms with E-state index in [4.69, 9.17) is 32.7 Å². The molecule has 0 radical (unpaired) electrons. The molecule has 4 aliphatic carbocycles. The maximum Gasteiger partial charge on any atom is 0.472 e. The second kappa shape index (κ2) is 16.9. The van der Waals surface area contributed by atoms with E-state index >= 15 is 0 Å². The Kier molecular flexibility index (Phi) is 14.3. The number of phosphoric ester groups is 2. The van der Waals surface area contributed by atoms with Crippen LogP contribution in [0.3, 0.4) is 0 Å². The van der Waals surface area contributed by atoms with Gasteiger partial charge in [-0.3, -0.25) is 18.1 Å². The summed E-state index contributed by atoms with van der Waals surface area (Å²) in [5.74, 6) is 2.70. The van der Waals surface area contributed by atoms with Crippen molar-refractivity contribution in [3.8, 4) is 0 Å². The third kappa shape index (κ3) is 8.87. The summed E-state index contributed by atoms with van der Waals surface area (Å²) >= 11 is 0. The standard InChI is InChI=1S/C33H62O11P2/c1-6-10-24(3)26-12-13-27-31-28(23-30(33(26,27)5)40-19-21-44-46(37,38)42-17-15-34)32(4)14-9-8-11-25(32)22-29(31)39-18-20-43-45(35,36)41-16-7-2/h24-31,34H,6-23H2,1-5H3,(H,35,36)(H,37,38)/t24-,25+,26-,27+,28+,29-,30+,31+,32+,33-/m1/s1. The number of ether oxygens (including phenoxy) is 2. The number of fused-ring (bicyclic) bond motifs is 5. The fourth-order valence-electron chi connectivity index (χ4n) is 10.3. The van der Waals surface area contributed by atoms with Crippen molar-refractivity contribution in [3.05, 3.63) is 0 Å². The maximum atomic E-state index is 12.3. The summed E-state index contributed by atoms with van der Waals surface area (Å²) in [5.41, 5.74) is 0.0798. The molecule has 270 valence electrons. The minimum atomic E-state index is -4.25. The van der Waals surface area contributed by atoms with E-state index in [0.717, 1.165) is 38.5 Å². The van der Waals surface area contributed by atoms with Crippen molar-refractivity contribution in [1.29, 1.82) is 0 Å². The van der Waals surface area contributed by atoms with Gasteiger partial charge in [0.2, 0.25) is 0 Å².